The van der Waals surface area contributed by atoms with Gasteiger partial charge < -0.3 is 15.1 Å². The van der Waals surface area contributed by atoms with Gasteiger partial charge in [-0.3, -0.25) is 9.59 Å². The number of likely N-dealkylation sites (tertiary alicyclic amines) is 1. The number of halogens is 1. The van der Waals surface area contributed by atoms with E-state index in [1.54, 1.807) is 37.2 Å². The Bertz CT molecular complexity index is 851. The van der Waals surface area contributed by atoms with E-state index >= 15 is 0 Å². The van der Waals surface area contributed by atoms with Crippen LogP contribution < -0.4 is 10.2 Å². The lowest BCUT2D eigenvalue weighted by molar-refractivity contribution is -0.133. The van der Waals surface area contributed by atoms with E-state index in [4.69, 9.17) is 0 Å². The Labute approximate surface area is 158 Å². The maximum Gasteiger partial charge on any atom is 0.255 e. The fraction of sp³-hybridized carbons (Fsp3) is 0.333. The third-order valence-corrected chi connectivity index (χ3v) is 4.67. The molecule has 0 atom stereocenters. The van der Waals surface area contributed by atoms with Gasteiger partial charge in [0.1, 0.15) is 5.82 Å². The van der Waals surface area contributed by atoms with Gasteiger partial charge in [0.2, 0.25) is 5.91 Å². The number of nitrogens with zero attached hydrogens (tertiary/aromatic N) is 2. The predicted octanol–water partition coefficient (Wildman–Crippen LogP) is 3.66. The molecule has 0 radical (unpaired) electrons. The standard InChI is InChI=1S/C21H24FN3O2/c1-24(2)19-10-9-16(13-18(19)22)21(27)23-17-7-5-6-15(12-17)14-25-11-4-3-8-20(25)26/h5-7,9-10,12-13H,3-4,8,11,14H2,1-2H3,(H,23,27). The smallest absolute Gasteiger partial charge is 0.255 e. The summed E-state index contributed by atoms with van der Waals surface area (Å²) in [4.78, 5) is 27.9. The maximum atomic E-state index is 14.1. The molecule has 0 aliphatic carbocycles. The van der Waals surface area contributed by atoms with E-state index in [9.17, 15) is 14.0 Å². The van der Waals surface area contributed by atoms with Gasteiger partial charge in [0.05, 0.1) is 5.69 Å². The Hall–Kier alpha value is -2.89. The number of piperidine rings is 1. The van der Waals surface area contributed by atoms with Gasteiger partial charge in [0.25, 0.3) is 5.91 Å². The summed E-state index contributed by atoms with van der Waals surface area (Å²) >= 11 is 0. The van der Waals surface area contributed by atoms with E-state index in [0.717, 1.165) is 24.9 Å². The number of rotatable bonds is 5. The lowest BCUT2D eigenvalue weighted by atomic mass is 10.1. The number of hydrogen-bond acceptors (Lipinski definition) is 3. The third-order valence-electron chi connectivity index (χ3n) is 4.67. The Morgan fingerprint density at radius 2 is 2.00 bits per heavy atom. The summed E-state index contributed by atoms with van der Waals surface area (Å²) in [6, 6.07) is 11.8. The van der Waals surface area contributed by atoms with Crippen molar-refractivity contribution in [2.45, 2.75) is 25.8 Å². The predicted molar refractivity (Wildman–Crippen MR) is 104 cm³/mol. The molecule has 1 heterocycles. The molecule has 2 aromatic carbocycles. The van der Waals surface area contributed by atoms with Crippen LogP contribution in [-0.4, -0.2) is 37.4 Å². The molecule has 2 aromatic rings. The first kappa shape index (κ1) is 18.9. The van der Waals surface area contributed by atoms with Crippen LogP contribution in [0.25, 0.3) is 0 Å². The monoisotopic (exact) mass is 369 g/mol. The highest BCUT2D eigenvalue weighted by molar-refractivity contribution is 6.04. The van der Waals surface area contributed by atoms with E-state index in [0.29, 0.717) is 24.3 Å². The van der Waals surface area contributed by atoms with Crippen LogP contribution in [0.4, 0.5) is 15.8 Å². The largest absolute Gasteiger partial charge is 0.375 e. The van der Waals surface area contributed by atoms with Crippen molar-refractivity contribution in [1.29, 1.82) is 0 Å². The van der Waals surface area contributed by atoms with Gasteiger partial charge in [-0.05, 0) is 48.7 Å². The van der Waals surface area contributed by atoms with E-state index in [-0.39, 0.29) is 17.4 Å². The van der Waals surface area contributed by atoms with Gasteiger partial charge in [-0.1, -0.05) is 12.1 Å². The fourth-order valence-corrected chi connectivity index (χ4v) is 3.21. The van der Waals surface area contributed by atoms with Crippen LogP contribution in [0.2, 0.25) is 0 Å². The Morgan fingerprint density at radius 3 is 2.70 bits per heavy atom. The summed E-state index contributed by atoms with van der Waals surface area (Å²) in [6.45, 7) is 1.31. The molecule has 2 amide bonds. The van der Waals surface area contributed by atoms with Crippen LogP contribution in [0, 0.1) is 5.82 Å². The first-order chi connectivity index (χ1) is 12.9. The molecule has 0 bridgehead atoms. The van der Waals surface area contributed by atoms with Gasteiger partial charge in [0.15, 0.2) is 0 Å². The van der Waals surface area contributed by atoms with Crippen molar-refractivity contribution in [2.24, 2.45) is 0 Å². The van der Waals surface area contributed by atoms with Crippen LogP contribution in [0.3, 0.4) is 0 Å². The van der Waals surface area contributed by atoms with Crippen molar-refractivity contribution >= 4 is 23.2 Å². The summed E-state index contributed by atoms with van der Waals surface area (Å²) in [5.41, 5.74) is 2.27. The Balaban J connectivity index is 1.69. The lowest BCUT2D eigenvalue weighted by Crippen LogP contribution is -2.34. The number of anilines is 2. The minimum atomic E-state index is -0.440. The van der Waals surface area contributed by atoms with E-state index in [1.807, 2.05) is 23.1 Å². The molecule has 1 N–H and O–H groups in total. The second-order valence-electron chi connectivity index (χ2n) is 6.99. The van der Waals surface area contributed by atoms with Crippen LogP contribution in [0.15, 0.2) is 42.5 Å². The zero-order valence-corrected chi connectivity index (χ0v) is 15.7. The molecule has 1 fully saturated rings. The van der Waals surface area contributed by atoms with Gasteiger partial charge in [0, 0.05) is 44.9 Å². The highest BCUT2D eigenvalue weighted by Gasteiger charge is 2.18. The molecule has 142 valence electrons. The minimum absolute atomic E-state index is 0.173. The Kier molecular flexibility index (Phi) is 5.74. The van der Waals surface area contributed by atoms with Gasteiger partial charge in [-0.25, -0.2) is 4.39 Å². The minimum Gasteiger partial charge on any atom is -0.375 e. The summed E-state index contributed by atoms with van der Waals surface area (Å²) in [5, 5.41) is 2.80. The summed E-state index contributed by atoms with van der Waals surface area (Å²) in [6.07, 6.45) is 2.58. The molecular formula is C21H24FN3O2. The first-order valence-corrected chi connectivity index (χ1v) is 9.09. The number of nitrogens with one attached hydrogen (secondary N) is 1. The van der Waals surface area contributed by atoms with Crippen molar-refractivity contribution in [2.75, 3.05) is 30.9 Å². The van der Waals surface area contributed by atoms with Crippen LogP contribution >= 0.6 is 0 Å². The van der Waals surface area contributed by atoms with E-state index in [2.05, 4.69) is 5.32 Å². The summed E-state index contributed by atoms with van der Waals surface area (Å²) in [5.74, 6) is -0.637. The van der Waals surface area contributed by atoms with E-state index in [1.165, 1.54) is 6.07 Å². The molecule has 1 saturated heterocycles. The number of amides is 2. The van der Waals surface area contributed by atoms with Crippen molar-refractivity contribution in [3.8, 4) is 0 Å². The van der Waals surface area contributed by atoms with Crippen molar-refractivity contribution in [3.63, 3.8) is 0 Å². The zero-order valence-electron chi connectivity index (χ0n) is 15.7. The Morgan fingerprint density at radius 1 is 1.19 bits per heavy atom. The number of carbonyl (C=O) groups is 2. The second-order valence-corrected chi connectivity index (χ2v) is 6.99. The molecule has 27 heavy (non-hydrogen) atoms. The molecule has 1 aliphatic rings. The van der Waals surface area contributed by atoms with Crippen LogP contribution in [0.1, 0.15) is 35.2 Å². The number of hydrogen-bond donors (Lipinski definition) is 1. The molecule has 0 spiro atoms. The molecule has 5 nitrogen and oxygen atoms in total. The van der Waals surface area contributed by atoms with E-state index < -0.39 is 5.82 Å². The normalized spacial score (nSPS) is 14.2. The van der Waals surface area contributed by atoms with Crippen molar-refractivity contribution in [1.82, 2.24) is 4.90 Å². The van der Waals surface area contributed by atoms with Gasteiger partial charge in [-0.2, -0.15) is 0 Å². The molecule has 6 heteroatoms. The highest BCUT2D eigenvalue weighted by Crippen LogP contribution is 2.20. The molecule has 0 aromatic heterocycles. The topological polar surface area (TPSA) is 52.7 Å². The number of benzene rings is 2. The number of carbonyl (C=O) groups excluding carboxylic acids is 2. The molecule has 3 rings (SSSR count). The third kappa shape index (κ3) is 4.64. The van der Waals surface area contributed by atoms with Crippen molar-refractivity contribution in [3.05, 3.63) is 59.4 Å². The van der Waals surface area contributed by atoms with Gasteiger partial charge in [-0.15, -0.1) is 0 Å². The average molecular weight is 369 g/mol. The van der Waals surface area contributed by atoms with Crippen LogP contribution in [-0.2, 0) is 11.3 Å². The first-order valence-electron chi connectivity index (χ1n) is 9.09. The molecular weight excluding hydrogens is 345 g/mol. The SMILES string of the molecule is CN(C)c1ccc(C(=O)Nc2cccc(CN3CCCCC3=O)c2)cc1F. The zero-order chi connectivity index (χ0) is 19.4. The molecule has 1 aliphatic heterocycles. The van der Waals surface area contributed by atoms with Crippen LogP contribution in [0.5, 0.6) is 0 Å². The highest BCUT2D eigenvalue weighted by atomic mass is 19.1. The fourth-order valence-electron chi connectivity index (χ4n) is 3.21. The van der Waals surface area contributed by atoms with Crippen molar-refractivity contribution < 1.29 is 14.0 Å². The summed E-state index contributed by atoms with van der Waals surface area (Å²) < 4.78 is 14.1. The summed E-state index contributed by atoms with van der Waals surface area (Å²) in [7, 11) is 3.49. The molecule has 0 unspecified atom stereocenters. The quantitative estimate of drug-likeness (QED) is 0.875. The molecule has 0 saturated carbocycles. The average Bonchev–Trinajstić information content (AvgIpc) is 2.63. The van der Waals surface area contributed by atoms with Gasteiger partial charge >= 0.3 is 0 Å². The second kappa shape index (κ2) is 8.20. The maximum absolute atomic E-state index is 14.1. The lowest BCUT2D eigenvalue weighted by Gasteiger charge is -2.26.